The van der Waals surface area contributed by atoms with Crippen LogP contribution in [-0.2, 0) is 4.79 Å². The number of aromatic nitrogens is 3. The highest BCUT2D eigenvalue weighted by molar-refractivity contribution is 8.00. The van der Waals surface area contributed by atoms with E-state index in [1.807, 2.05) is 54.6 Å². The number of carbonyl (C=O) groups is 1. The van der Waals surface area contributed by atoms with Crippen LogP contribution in [0.4, 0.5) is 10.1 Å². The average Bonchev–Trinajstić information content (AvgIpc) is 3.15. The van der Waals surface area contributed by atoms with Gasteiger partial charge in [0.2, 0.25) is 11.1 Å². The van der Waals surface area contributed by atoms with Crippen LogP contribution in [-0.4, -0.2) is 26.0 Å². The van der Waals surface area contributed by atoms with E-state index in [-0.39, 0.29) is 11.7 Å². The zero-order chi connectivity index (χ0) is 21.8. The van der Waals surface area contributed by atoms with Crippen molar-refractivity contribution >= 4 is 23.4 Å². The molecule has 4 aromatic rings. The van der Waals surface area contributed by atoms with E-state index in [2.05, 4.69) is 15.5 Å². The number of hydrogen-bond acceptors (Lipinski definition) is 5. The minimum absolute atomic E-state index is 0.181. The molecular weight excluding hydrogens is 413 g/mol. The van der Waals surface area contributed by atoms with E-state index < -0.39 is 5.25 Å². The molecule has 4 rings (SSSR count). The van der Waals surface area contributed by atoms with Gasteiger partial charge in [0.15, 0.2) is 5.82 Å². The molecule has 3 N–H and O–H groups in total. The lowest BCUT2D eigenvalue weighted by Crippen LogP contribution is -2.24. The molecule has 1 amide bonds. The molecule has 0 aliphatic heterocycles. The fourth-order valence-electron chi connectivity index (χ4n) is 3.06. The lowest BCUT2D eigenvalue weighted by atomic mass is 10.0. The summed E-state index contributed by atoms with van der Waals surface area (Å²) in [6.07, 6.45) is 0. The summed E-state index contributed by atoms with van der Waals surface area (Å²) in [6.45, 7) is 1.78. The molecule has 0 aliphatic carbocycles. The molecule has 0 radical (unpaired) electrons. The van der Waals surface area contributed by atoms with Crippen molar-refractivity contribution in [1.82, 2.24) is 14.9 Å². The summed E-state index contributed by atoms with van der Waals surface area (Å²) in [5, 5.41) is 11.1. The highest BCUT2D eigenvalue weighted by atomic mass is 32.2. The number of nitrogens with one attached hydrogen (secondary N) is 1. The van der Waals surface area contributed by atoms with Gasteiger partial charge in [0.25, 0.3) is 0 Å². The summed E-state index contributed by atoms with van der Waals surface area (Å²) in [5.74, 6) is 5.99. The number of halogens is 1. The van der Waals surface area contributed by atoms with Gasteiger partial charge in [-0.05, 0) is 42.8 Å². The molecule has 6 nitrogen and oxygen atoms in total. The van der Waals surface area contributed by atoms with E-state index in [1.165, 1.54) is 28.6 Å². The van der Waals surface area contributed by atoms with E-state index in [0.29, 0.717) is 16.5 Å². The van der Waals surface area contributed by atoms with Crippen molar-refractivity contribution < 1.29 is 9.18 Å². The molecule has 156 valence electrons. The standard InChI is InChI=1S/C23H20FN5OS/c1-15(31-23-28-27-21(29(23)25)17-11-13-18(24)14-12-17)22(30)26-20-10-6-5-9-19(20)16-7-3-2-4-8-16/h2-15H,25H2,1H3,(H,26,30)/t15-/m0/s1. The van der Waals surface area contributed by atoms with Crippen molar-refractivity contribution in [1.29, 1.82) is 0 Å². The molecule has 3 aromatic carbocycles. The van der Waals surface area contributed by atoms with Crippen LogP contribution in [0.25, 0.3) is 22.5 Å². The largest absolute Gasteiger partial charge is 0.335 e. The van der Waals surface area contributed by atoms with Crippen molar-refractivity contribution in [3.63, 3.8) is 0 Å². The number of benzene rings is 3. The van der Waals surface area contributed by atoms with Crippen molar-refractivity contribution in [2.24, 2.45) is 0 Å². The molecule has 0 fully saturated rings. The monoisotopic (exact) mass is 433 g/mol. The lowest BCUT2D eigenvalue weighted by Gasteiger charge is -2.14. The number of thioether (sulfide) groups is 1. The van der Waals surface area contributed by atoms with Crippen LogP contribution >= 0.6 is 11.8 Å². The van der Waals surface area contributed by atoms with Gasteiger partial charge < -0.3 is 11.2 Å². The topological polar surface area (TPSA) is 85.8 Å². The van der Waals surface area contributed by atoms with E-state index >= 15 is 0 Å². The minimum atomic E-state index is -0.476. The van der Waals surface area contributed by atoms with E-state index in [1.54, 1.807) is 19.1 Å². The Morgan fingerprint density at radius 3 is 2.39 bits per heavy atom. The van der Waals surface area contributed by atoms with Gasteiger partial charge >= 0.3 is 0 Å². The number of carbonyl (C=O) groups excluding carboxylic acids is 1. The van der Waals surface area contributed by atoms with Crippen molar-refractivity contribution in [2.75, 3.05) is 11.2 Å². The van der Waals surface area contributed by atoms with Gasteiger partial charge in [0, 0.05) is 16.8 Å². The molecule has 31 heavy (non-hydrogen) atoms. The van der Waals surface area contributed by atoms with Gasteiger partial charge in [0.05, 0.1) is 5.25 Å². The predicted octanol–water partition coefficient (Wildman–Crippen LogP) is 4.58. The molecule has 1 atom stereocenters. The SMILES string of the molecule is C[C@H](Sc1nnc(-c2ccc(F)cc2)n1N)C(=O)Nc1ccccc1-c1ccccc1. The van der Waals surface area contributed by atoms with Gasteiger partial charge in [-0.25, -0.2) is 9.07 Å². The summed E-state index contributed by atoms with van der Waals surface area (Å²) in [7, 11) is 0. The Bertz CT molecular complexity index is 1190. The second-order valence-electron chi connectivity index (χ2n) is 6.84. The zero-order valence-corrected chi connectivity index (χ0v) is 17.5. The maximum Gasteiger partial charge on any atom is 0.237 e. The quantitative estimate of drug-likeness (QED) is 0.343. The molecule has 0 unspecified atom stereocenters. The fourth-order valence-corrected chi connectivity index (χ4v) is 3.83. The Hall–Kier alpha value is -3.65. The van der Waals surface area contributed by atoms with Crippen LogP contribution < -0.4 is 11.2 Å². The molecular formula is C23H20FN5OS. The van der Waals surface area contributed by atoms with Crippen LogP contribution in [0.5, 0.6) is 0 Å². The average molecular weight is 434 g/mol. The van der Waals surface area contributed by atoms with Crippen LogP contribution in [0, 0.1) is 5.82 Å². The number of nitrogens with zero attached hydrogens (tertiary/aromatic N) is 3. The lowest BCUT2D eigenvalue weighted by molar-refractivity contribution is -0.115. The second-order valence-corrected chi connectivity index (χ2v) is 8.15. The van der Waals surface area contributed by atoms with E-state index in [9.17, 15) is 9.18 Å². The Labute approximate surface area is 183 Å². The summed E-state index contributed by atoms with van der Waals surface area (Å²) < 4.78 is 14.5. The van der Waals surface area contributed by atoms with E-state index in [0.717, 1.165) is 16.8 Å². The first-order chi connectivity index (χ1) is 15.0. The number of hydrogen-bond donors (Lipinski definition) is 2. The Morgan fingerprint density at radius 2 is 1.65 bits per heavy atom. The van der Waals surface area contributed by atoms with Gasteiger partial charge in [-0.15, -0.1) is 10.2 Å². The smallest absolute Gasteiger partial charge is 0.237 e. The van der Waals surface area contributed by atoms with Gasteiger partial charge in [-0.3, -0.25) is 4.79 Å². The molecule has 0 saturated carbocycles. The second kappa shape index (κ2) is 9.01. The molecule has 8 heteroatoms. The number of nitrogen functional groups attached to an aromatic ring is 1. The van der Waals surface area contributed by atoms with E-state index in [4.69, 9.17) is 5.84 Å². The molecule has 1 heterocycles. The van der Waals surface area contributed by atoms with Crippen molar-refractivity contribution in [3.05, 3.63) is 84.7 Å². The van der Waals surface area contributed by atoms with Crippen LogP contribution in [0.3, 0.4) is 0 Å². The number of rotatable bonds is 6. The number of anilines is 1. The van der Waals surface area contributed by atoms with Crippen LogP contribution in [0.2, 0.25) is 0 Å². The van der Waals surface area contributed by atoms with Gasteiger partial charge in [-0.2, -0.15) is 0 Å². The normalized spacial score (nSPS) is 11.8. The summed E-state index contributed by atoms with van der Waals surface area (Å²) in [6, 6.07) is 23.3. The number of para-hydroxylation sites is 1. The summed E-state index contributed by atoms with van der Waals surface area (Å²) in [5.41, 5.74) is 3.32. The highest BCUT2D eigenvalue weighted by Crippen LogP contribution is 2.29. The minimum Gasteiger partial charge on any atom is -0.335 e. The fraction of sp³-hybridized carbons (Fsp3) is 0.0870. The summed E-state index contributed by atoms with van der Waals surface area (Å²) >= 11 is 1.20. The first-order valence-corrected chi connectivity index (χ1v) is 10.5. The van der Waals surface area contributed by atoms with Gasteiger partial charge in [-0.1, -0.05) is 60.3 Å². The predicted molar refractivity (Wildman–Crippen MR) is 121 cm³/mol. The van der Waals surface area contributed by atoms with Gasteiger partial charge in [0.1, 0.15) is 5.82 Å². The Morgan fingerprint density at radius 1 is 0.968 bits per heavy atom. The zero-order valence-electron chi connectivity index (χ0n) is 16.7. The maximum absolute atomic E-state index is 13.2. The molecule has 0 bridgehead atoms. The third-order valence-electron chi connectivity index (χ3n) is 4.69. The van der Waals surface area contributed by atoms with Crippen molar-refractivity contribution in [3.8, 4) is 22.5 Å². The van der Waals surface area contributed by atoms with Crippen molar-refractivity contribution in [2.45, 2.75) is 17.3 Å². The molecule has 0 saturated heterocycles. The number of nitrogens with two attached hydrogens (primary N) is 1. The maximum atomic E-state index is 13.2. The number of amides is 1. The molecule has 0 aliphatic rings. The third-order valence-corrected chi connectivity index (χ3v) is 5.74. The first kappa shape index (κ1) is 20.6. The Balaban J connectivity index is 1.49. The Kier molecular flexibility index (Phi) is 5.99. The third kappa shape index (κ3) is 4.59. The summed E-state index contributed by atoms with van der Waals surface area (Å²) in [4.78, 5) is 12.9. The van der Waals surface area contributed by atoms with Crippen LogP contribution in [0.1, 0.15) is 6.92 Å². The molecule has 0 spiro atoms. The highest BCUT2D eigenvalue weighted by Gasteiger charge is 2.21. The van der Waals surface area contributed by atoms with Crippen LogP contribution in [0.15, 0.2) is 84.0 Å². The first-order valence-electron chi connectivity index (χ1n) is 9.61. The molecule has 1 aromatic heterocycles.